The van der Waals surface area contributed by atoms with E-state index < -0.39 is 78.5 Å². The third kappa shape index (κ3) is 30.6. The van der Waals surface area contributed by atoms with E-state index in [9.17, 15) is 43.3 Å². The van der Waals surface area contributed by atoms with Crippen LogP contribution in [0.5, 0.6) is 0 Å². The highest BCUT2D eigenvalue weighted by atomic mass is 32.3. The summed E-state index contributed by atoms with van der Waals surface area (Å²) in [6.45, 7) is 3.18. The molecule has 1 heterocycles. The molecule has 0 aromatic rings. The zero-order chi connectivity index (χ0) is 45.7. The number of allylic oxidation sites excluding steroid dienone is 4. The molecule has 8 atom stereocenters. The molecule has 0 aromatic carbocycles. The average Bonchev–Trinajstić information content (AvgIpc) is 3.24. The Morgan fingerprint density at radius 3 is 1.61 bits per heavy atom. The van der Waals surface area contributed by atoms with Crippen molar-refractivity contribution in [3.05, 3.63) is 24.3 Å². The number of unbranched alkanes of at least 4 members (excludes halogenated alkanes) is 25. The van der Waals surface area contributed by atoms with Gasteiger partial charge in [0.05, 0.1) is 25.4 Å². The Kier molecular flexibility index (Phi) is 36.6. The summed E-state index contributed by atoms with van der Waals surface area (Å²) in [5.74, 6) is -0.670. The minimum absolute atomic E-state index is 0.260. The van der Waals surface area contributed by atoms with Gasteiger partial charge in [-0.15, -0.1) is 0 Å². The van der Waals surface area contributed by atoms with Crippen LogP contribution in [0.4, 0.5) is 0 Å². The van der Waals surface area contributed by atoms with Gasteiger partial charge in [-0.05, 0) is 38.5 Å². The molecular weight excluding hydrogens is 815 g/mol. The number of aliphatic hydroxyl groups excluding tert-OH is 5. The van der Waals surface area contributed by atoms with Gasteiger partial charge in [0.1, 0.15) is 30.5 Å². The Morgan fingerprint density at radius 1 is 0.661 bits per heavy atom. The van der Waals surface area contributed by atoms with E-state index in [1.165, 1.54) is 122 Å². The molecule has 0 spiro atoms. The predicted molar refractivity (Wildman–Crippen MR) is 247 cm³/mol. The van der Waals surface area contributed by atoms with Crippen molar-refractivity contribution in [2.45, 2.75) is 262 Å². The van der Waals surface area contributed by atoms with Gasteiger partial charge in [-0.3, -0.25) is 9.35 Å². The number of aliphatic hydroxyl groups is 5. The second kappa shape index (κ2) is 38.8. The number of carbonyl (C=O) groups is 1. The van der Waals surface area contributed by atoms with E-state index in [2.05, 4.69) is 47.7 Å². The first-order valence-corrected chi connectivity index (χ1v) is 26.2. The highest BCUT2D eigenvalue weighted by Gasteiger charge is 2.48. The molecule has 1 saturated heterocycles. The van der Waals surface area contributed by atoms with Crippen LogP contribution in [-0.4, -0.2) is 107 Å². The summed E-state index contributed by atoms with van der Waals surface area (Å²) in [5.41, 5.74) is 0. The molecule has 0 saturated carbocycles. The van der Waals surface area contributed by atoms with Crippen molar-refractivity contribution in [3.8, 4) is 0 Å². The van der Waals surface area contributed by atoms with Gasteiger partial charge in [-0.2, -0.15) is 8.42 Å². The highest BCUT2D eigenvalue weighted by molar-refractivity contribution is 7.80. The first-order valence-electron chi connectivity index (χ1n) is 24.8. The minimum Gasteiger partial charge on any atom is -0.394 e. The van der Waals surface area contributed by atoms with E-state index in [4.69, 9.17) is 9.47 Å². The molecule has 1 fully saturated rings. The van der Waals surface area contributed by atoms with Crippen molar-refractivity contribution in [1.29, 1.82) is 0 Å². The lowest BCUT2D eigenvalue weighted by Crippen LogP contribution is -2.61. The maximum Gasteiger partial charge on any atom is 0.397 e. The van der Waals surface area contributed by atoms with Crippen molar-refractivity contribution in [3.63, 3.8) is 0 Å². The number of ether oxygens (including phenoxy) is 2. The van der Waals surface area contributed by atoms with Crippen molar-refractivity contribution < 1.29 is 57.0 Å². The monoisotopic (exact) mass is 906 g/mol. The molecule has 0 aromatic heterocycles. The van der Waals surface area contributed by atoms with E-state index in [0.29, 0.717) is 19.3 Å². The Hall–Kier alpha value is -1.46. The number of rotatable bonds is 42. The highest BCUT2D eigenvalue weighted by Crippen LogP contribution is 2.26. The number of hydrogen-bond donors (Lipinski definition) is 7. The van der Waals surface area contributed by atoms with E-state index in [1.54, 1.807) is 0 Å². The van der Waals surface area contributed by atoms with E-state index >= 15 is 0 Å². The van der Waals surface area contributed by atoms with Gasteiger partial charge in [0.2, 0.25) is 5.91 Å². The molecule has 1 aliphatic heterocycles. The lowest BCUT2D eigenvalue weighted by Gasteiger charge is -2.41. The number of nitrogens with one attached hydrogen (secondary N) is 1. The van der Waals surface area contributed by atoms with Crippen LogP contribution in [0.1, 0.15) is 213 Å². The van der Waals surface area contributed by atoms with Crippen LogP contribution >= 0.6 is 0 Å². The van der Waals surface area contributed by atoms with Crippen LogP contribution in [0.3, 0.4) is 0 Å². The number of carbonyl (C=O) groups excluding carboxylic acids is 1. The normalized spacial score (nSPS) is 21.2. The molecule has 1 amide bonds. The van der Waals surface area contributed by atoms with Crippen LogP contribution < -0.4 is 5.32 Å². The smallest absolute Gasteiger partial charge is 0.394 e. The van der Waals surface area contributed by atoms with Gasteiger partial charge in [-0.1, -0.05) is 199 Å². The Balaban J connectivity index is 2.47. The van der Waals surface area contributed by atoms with E-state index in [-0.39, 0.29) is 6.42 Å². The molecular formula is C48H91NO12S. The zero-order valence-corrected chi connectivity index (χ0v) is 39.6. The first-order chi connectivity index (χ1) is 29.9. The molecule has 0 aliphatic carbocycles. The quantitative estimate of drug-likeness (QED) is 0.0174. The molecule has 13 nitrogen and oxygen atoms in total. The van der Waals surface area contributed by atoms with E-state index in [0.717, 1.165) is 51.4 Å². The van der Waals surface area contributed by atoms with Gasteiger partial charge in [0, 0.05) is 0 Å². The Morgan fingerprint density at radius 2 is 1.13 bits per heavy atom. The molecule has 14 heteroatoms. The Bertz CT molecular complexity index is 1220. The summed E-state index contributed by atoms with van der Waals surface area (Å²) in [6.07, 6.45) is 32.2. The Labute approximate surface area is 376 Å². The van der Waals surface area contributed by atoms with Crippen LogP contribution in [0.25, 0.3) is 0 Å². The fourth-order valence-corrected chi connectivity index (χ4v) is 8.48. The number of amides is 1. The lowest BCUT2D eigenvalue weighted by molar-refractivity contribution is -0.298. The zero-order valence-electron chi connectivity index (χ0n) is 38.8. The largest absolute Gasteiger partial charge is 0.397 e. The van der Waals surface area contributed by atoms with Crippen molar-refractivity contribution in [2.75, 3.05) is 13.2 Å². The van der Waals surface area contributed by atoms with Crippen molar-refractivity contribution in [1.82, 2.24) is 5.32 Å². The summed E-state index contributed by atoms with van der Waals surface area (Å²) >= 11 is 0. The lowest BCUT2D eigenvalue weighted by atomic mass is 9.99. The molecule has 62 heavy (non-hydrogen) atoms. The second-order valence-electron chi connectivity index (χ2n) is 17.5. The summed E-state index contributed by atoms with van der Waals surface area (Å²) in [5, 5.41) is 55.4. The molecule has 1 aliphatic rings. The molecule has 0 bridgehead atoms. The molecule has 1 rings (SSSR count). The third-order valence-electron chi connectivity index (χ3n) is 11.9. The summed E-state index contributed by atoms with van der Waals surface area (Å²) in [6, 6.07) is -1.03. The van der Waals surface area contributed by atoms with Gasteiger partial charge in [0.15, 0.2) is 6.29 Å². The summed E-state index contributed by atoms with van der Waals surface area (Å²) in [7, 11) is -5.11. The maximum absolute atomic E-state index is 13.2. The van der Waals surface area contributed by atoms with Crippen LogP contribution in [-0.2, 0) is 28.9 Å². The van der Waals surface area contributed by atoms with Crippen molar-refractivity contribution in [2.24, 2.45) is 0 Å². The third-order valence-corrected chi connectivity index (χ3v) is 12.3. The topological polar surface area (TPSA) is 212 Å². The summed E-state index contributed by atoms with van der Waals surface area (Å²) in [4.78, 5) is 13.2. The van der Waals surface area contributed by atoms with Gasteiger partial charge in [0.25, 0.3) is 0 Å². The van der Waals surface area contributed by atoms with Crippen LogP contribution in [0.15, 0.2) is 24.3 Å². The van der Waals surface area contributed by atoms with Crippen molar-refractivity contribution >= 4 is 16.3 Å². The fourth-order valence-electron chi connectivity index (χ4n) is 7.97. The predicted octanol–water partition coefficient (Wildman–Crippen LogP) is 9.08. The maximum atomic E-state index is 13.2. The molecule has 8 unspecified atom stereocenters. The van der Waals surface area contributed by atoms with Crippen LogP contribution in [0.2, 0.25) is 0 Å². The van der Waals surface area contributed by atoms with Gasteiger partial charge in [-0.25, -0.2) is 4.18 Å². The molecule has 7 N–H and O–H groups in total. The molecule has 0 radical (unpaired) electrons. The van der Waals surface area contributed by atoms with Gasteiger partial charge >= 0.3 is 10.4 Å². The SMILES string of the molecule is CC/C=C\C/C=C\CCCCCCCCCCCCCCCC(O)C(=O)NC(COC1OC(CO)C(O)C(OS(=O)(=O)O)C1O)C(O)CCCCCCCCCCCCCCC. The van der Waals surface area contributed by atoms with Crippen LogP contribution in [0, 0.1) is 0 Å². The van der Waals surface area contributed by atoms with Gasteiger partial charge < -0.3 is 40.3 Å². The second-order valence-corrected chi connectivity index (χ2v) is 18.6. The minimum atomic E-state index is -5.11. The standard InChI is InChI=1S/C48H91NO12S/c1-3-5-7-9-11-13-15-17-18-19-20-21-22-23-25-27-29-31-33-35-37-42(52)47(55)49-40(41(51)36-34-32-30-28-26-24-16-14-12-10-8-6-4-2)39-59-48-45(54)46(61-62(56,57)58)44(53)43(38-50)60-48/h5,7,11,13,40-46,48,50-54H,3-4,6,8-10,12,14-39H2,1-2H3,(H,49,55)(H,56,57,58)/b7-5-,13-11-. The first kappa shape index (κ1) is 58.6. The fraction of sp³-hybridized carbons (Fsp3) is 0.896. The average molecular weight is 906 g/mol. The van der Waals surface area contributed by atoms with E-state index in [1.807, 2.05) is 0 Å². The number of hydrogen-bond acceptors (Lipinski definition) is 11. The summed E-state index contributed by atoms with van der Waals surface area (Å²) < 4.78 is 47.6. The molecule has 366 valence electrons.